The third-order valence-electron chi connectivity index (χ3n) is 6.64. The Morgan fingerprint density at radius 2 is 1.78 bits per heavy atom. The molecule has 1 heterocycles. The molecule has 0 bridgehead atoms. The van der Waals surface area contributed by atoms with Crippen LogP contribution in [0.25, 0.3) is 0 Å². The van der Waals surface area contributed by atoms with Crippen LogP contribution in [-0.4, -0.2) is 8.42 Å². The molecule has 0 aromatic heterocycles. The molecule has 1 aliphatic carbocycles. The Labute approximate surface area is 197 Å². The van der Waals surface area contributed by atoms with Gasteiger partial charge in [-0.2, -0.15) is 0 Å². The van der Waals surface area contributed by atoms with Gasteiger partial charge in [-0.05, 0) is 84.8 Å². The zero-order valence-corrected chi connectivity index (χ0v) is 20.4. The highest BCUT2D eigenvalue weighted by Crippen LogP contribution is 2.51. The molecule has 6 heteroatoms. The number of anilines is 2. The van der Waals surface area contributed by atoms with Crippen LogP contribution >= 0.6 is 15.9 Å². The van der Waals surface area contributed by atoms with Crippen LogP contribution in [0.5, 0.6) is 0 Å². The van der Waals surface area contributed by atoms with Crippen molar-refractivity contribution in [3.63, 3.8) is 0 Å². The van der Waals surface area contributed by atoms with E-state index in [4.69, 9.17) is 0 Å². The maximum Gasteiger partial charge on any atom is 0.261 e. The molecule has 3 aromatic carbocycles. The van der Waals surface area contributed by atoms with E-state index < -0.39 is 10.0 Å². The van der Waals surface area contributed by atoms with E-state index in [1.165, 1.54) is 5.56 Å². The first-order chi connectivity index (χ1) is 15.3. The number of allylic oxidation sites excluding steroid dienone is 2. The minimum absolute atomic E-state index is 0.161. The molecule has 0 radical (unpaired) electrons. The fourth-order valence-electron chi connectivity index (χ4n) is 4.79. The van der Waals surface area contributed by atoms with Gasteiger partial charge in [0.1, 0.15) is 0 Å². The van der Waals surface area contributed by atoms with Crippen molar-refractivity contribution in [2.45, 2.75) is 37.1 Å². The van der Waals surface area contributed by atoms with Crippen LogP contribution in [-0.2, 0) is 10.0 Å². The summed E-state index contributed by atoms with van der Waals surface area (Å²) in [5.74, 6) is 0.520. The van der Waals surface area contributed by atoms with E-state index in [1.807, 2.05) is 44.2 Å². The lowest BCUT2D eigenvalue weighted by atomic mass is 9.77. The average Bonchev–Trinajstić information content (AvgIpc) is 3.26. The molecule has 2 unspecified atom stereocenters. The maximum atomic E-state index is 13.2. The molecule has 5 rings (SSSR count). The van der Waals surface area contributed by atoms with Gasteiger partial charge in [0.25, 0.3) is 10.0 Å². The van der Waals surface area contributed by atoms with E-state index in [-0.39, 0.29) is 16.9 Å². The van der Waals surface area contributed by atoms with Gasteiger partial charge in [-0.1, -0.05) is 52.3 Å². The molecule has 2 N–H and O–H groups in total. The Hall–Kier alpha value is -2.57. The van der Waals surface area contributed by atoms with Gasteiger partial charge in [-0.25, -0.2) is 8.42 Å². The second-order valence-electron chi connectivity index (χ2n) is 8.65. The van der Waals surface area contributed by atoms with Crippen LogP contribution in [0.4, 0.5) is 11.4 Å². The number of aryl methyl sites for hydroxylation is 2. The topological polar surface area (TPSA) is 58.2 Å². The fourth-order valence-corrected chi connectivity index (χ4v) is 6.41. The third kappa shape index (κ3) is 3.76. The third-order valence-corrected chi connectivity index (χ3v) is 8.75. The zero-order chi connectivity index (χ0) is 22.5. The van der Waals surface area contributed by atoms with Crippen LogP contribution in [0, 0.1) is 19.8 Å². The summed E-state index contributed by atoms with van der Waals surface area (Å²) in [6, 6.07) is 19.5. The Kier molecular flexibility index (Phi) is 5.38. The lowest BCUT2D eigenvalue weighted by molar-refractivity contribution is 0.424. The van der Waals surface area contributed by atoms with E-state index in [0.717, 1.165) is 33.3 Å². The van der Waals surface area contributed by atoms with Crippen molar-refractivity contribution in [2.75, 3.05) is 10.0 Å². The zero-order valence-electron chi connectivity index (χ0n) is 18.0. The van der Waals surface area contributed by atoms with Crippen molar-refractivity contribution in [1.82, 2.24) is 0 Å². The number of fused-ring (bicyclic) bond motifs is 3. The van der Waals surface area contributed by atoms with Gasteiger partial charge in [0.15, 0.2) is 0 Å². The van der Waals surface area contributed by atoms with Gasteiger partial charge in [-0.15, -0.1) is 0 Å². The monoisotopic (exact) mass is 508 g/mol. The summed E-state index contributed by atoms with van der Waals surface area (Å²) in [6.07, 6.45) is 5.40. The quantitative estimate of drug-likeness (QED) is 0.385. The first-order valence-electron chi connectivity index (χ1n) is 10.7. The Morgan fingerprint density at radius 1 is 0.969 bits per heavy atom. The second-order valence-corrected chi connectivity index (χ2v) is 11.2. The molecular formula is C26H25BrN2O2S. The maximum absolute atomic E-state index is 13.2. The van der Waals surface area contributed by atoms with Gasteiger partial charge in [0, 0.05) is 21.8 Å². The average molecular weight is 509 g/mol. The highest BCUT2D eigenvalue weighted by Gasteiger charge is 2.39. The highest BCUT2D eigenvalue weighted by atomic mass is 79.9. The second kappa shape index (κ2) is 8.09. The molecule has 0 saturated carbocycles. The molecule has 4 nitrogen and oxygen atoms in total. The summed E-state index contributed by atoms with van der Waals surface area (Å²) in [5, 5.41) is 3.68. The predicted octanol–water partition coefficient (Wildman–Crippen LogP) is 6.69. The summed E-state index contributed by atoms with van der Waals surface area (Å²) in [6.45, 7) is 3.99. The Balaban J connectivity index is 1.49. The van der Waals surface area contributed by atoms with Crippen LogP contribution in [0.1, 0.15) is 40.6 Å². The van der Waals surface area contributed by atoms with Crippen LogP contribution < -0.4 is 10.0 Å². The number of sulfonamides is 1. The van der Waals surface area contributed by atoms with E-state index in [1.54, 1.807) is 12.1 Å². The summed E-state index contributed by atoms with van der Waals surface area (Å²) in [7, 11) is -3.69. The number of nitrogens with one attached hydrogen (secondary N) is 2. The van der Waals surface area contributed by atoms with Gasteiger partial charge in [0.05, 0.1) is 10.9 Å². The number of benzene rings is 3. The Morgan fingerprint density at radius 3 is 2.56 bits per heavy atom. The van der Waals surface area contributed by atoms with Crippen molar-refractivity contribution >= 4 is 37.3 Å². The summed E-state index contributed by atoms with van der Waals surface area (Å²) < 4.78 is 30.1. The van der Waals surface area contributed by atoms with Gasteiger partial charge in [-0.3, -0.25) is 4.72 Å². The summed E-state index contributed by atoms with van der Waals surface area (Å²) in [4.78, 5) is 0.287. The van der Waals surface area contributed by atoms with Crippen molar-refractivity contribution in [1.29, 1.82) is 0 Å². The van der Waals surface area contributed by atoms with E-state index >= 15 is 0 Å². The minimum Gasteiger partial charge on any atom is -0.378 e. The smallest absolute Gasteiger partial charge is 0.261 e. The summed E-state index contributed by atoms with van der Waals surface area (Å²) >= 11 is 3.70. The normalized spacial score (nSPS) is 21.5. The van der Waals surface area contributed by atoms with Crippen LogP contribution in [0.2, 0.25) is 0 Å². The van der Waals surface area contributed by atoms with E-state index in [2.05, 4.69) is 56.3 Å². The summed E-state index contributed by atoms with van der Waals surface area (Å²) in [5.41, 5.74) is 6.02. The molecule has 0 spiro atoms. The Bertz CT molecular complexity index is 1330. The minimum atomic E-state index is -3.69. The number of halogens is 1. The first-order valence-corrected chi connectivity index (χ1v) is 13.0. The molecule has 32 heavy (non-hydrogen) atoms. The molecular weight excluding hydrogens is 484 g/mol. The SMILES string of the molecule is Cc1ccc(NS(=O)(=O)c2ccc3c(c2)C2C=CCC2[C@H](c2ccccc2Br)N3)cc1C. The highest BCUT2D eigenvalue weighted by molar-refractivity contribution is 9.10. The van der Waals surface area contributed by atoms with E-state index in [9.17, 15) is 8.42 Å². The van der Waals surface area contributed by atoms with Crippen molar-refractivity contribution in [2.24, 2.45) is 5.92 Å². The molecule has 0 saturated heterocycles. The van der Waals surface area contributed by atoms with E-state index in [0.29, 0.717) is 11.6 Å². The van der Waals surface area contributed by atoms with Gasteiger partial charge < -0.3 is 5.32 Å². The van der Waals surface area contributed by atoms with Gasteiger partial charge in [0.2, 0.25) is 0 Å². The number of hydrogen-bond donors (Lipinski definition) is 2. The van der Waals surface area contributed by atoms with Crippen molar-refractivity contribution in [3.05, 3.63) is 99.5 Å². The lowest BCUT2D eigenvalue weighted by Crippen LogP contribution is -2.29. The molecule has 2 aliphatic rings. The molecule has 0 amide bonds. The molecule has 3 aromatic rings. The lowest BCUT2D eigenvalue weighted by Gasteiger charge is -2.38. The first kappa shape index (κ1) is 21.3. The standard InChI is InChI=1S/C26H25BrN2O2S/c1-16-10-11-18(14-17(16)2)29-32(30,31)19-12-13-25-23(15-19)20-7-5-8-21(20)26(28-25)22-6-3-4-9-24(22)27/h3-7,9-15,20-21,26,28-29H,8H2,1-2H3/t20?,21?,26-/m1/s1. The fraction of sp³-hybridized carbons (Fsp3) is 0.231. The molecule has 164 valence electrons. The van der Waals surface area contributed by atoms with Crippen LogP contribution in [0.3, 0.4) is 0 Å². The van der Waals surface area contributed by atoms with Gasteiger partial charge >= 0.3 is 0 Å². The molecule has 0 fully saturated rings. The van der Waals surface area contributed by atoms with Crippen molar-refractivity contribution in [3.8, 4) is 0 Å². The van der Waals surface area contributed by atoms with Crippen molar-refractivity contribution < 1.29 is 8.42 Å². The predicted molar refractivity (Wildman–Crippen MR) is 134 cm³/mol. The van der Waals surface area contributed by atoms with Crippen LogP contribution in [0.15, 0.2) is 82.2 Å². The molecule has 3 atom stereocenters. The largest absolute Gasteiger partial charge is 0.378 e. The number of rotatable bonds is 4. The molecule has 1 aliphatic heterocycles. The number of hydrogen-bond acceptors (Lipinski definition) is 3.